The number of guanidine groups is 1. The van der Waals surface area contributed by atoms with Crippen LogP contribution in [0.25, 0.3) is 11.0 Å². The molecule has 2 aromatic heterocycles. The second-order valence-corrected chi connectivity index (χ2v) is 7.13. The number of nitrogens with zero attached hydrogens (tertiary/aromatic N) is 8. The highest BCUT2D eigenvalue weighted by Crippen LogP contribution is 2.34. The van der Waals surface area contributed by atoms with Crippen molar-refractivity contribution < 1.29 is 4.74 Å². The van der Waals surface area contributed by atoms with Gasteiger partial charge in [-0.05, 0) is 29.8 Å². The lowest BCUT2D eigenvalue weighted by Crippen LogP contribution is -2.59. The Morgan fingerprint density at radius 2 is 1.83 bits per heavy atom. The highest BCUT2D eigenvalue weighted by atomic mass is 16.5. The molecule has 1 unspecified atom stereocenters. The van der Waals surface area contributed by atoms with E-state index in [-0.39, 0.29) is 6.17 Å². The molecule has 0 spiro atoms. The third-order valence-corrected chi connectivity index (χ3v) is 5.45. The van der Waals surface area contributed by atoms with E-state index < -0.39 is 0 Å². The van der Waals surface area contributed by atoms with E-state index in [4.69, 9.17) is 14.7 Å². The molecule has 2 aromatic carbocycles. The number of benzene rings is 2. The molecule has 1 N–H and O–H groups in total. The monoisotopic (exact) mass is 401 g/mol. The van der Waals surface area contributed by atoms with E-state index >= 15 is 0 Å². The van der Waals surface area contributed by atoms with Gasteiger partial charge in [0.05, 0.1) is 18.1 Å². The van der Waals surface area contributed by atoms with Crippen molar-refractivity contribution in [2.75, 3.05) is 30.4 Å². The summed E-state index contributed by atoms with van der Waals surface area (Å²) >= 11 is 0. The number of para-hydroxylation sites is 2. The van der Waals surface area contributed by atoms with E-state index in [0.29, 0.717) is 13.3 Å². The SMILES string of the molecule is COc1ccc(C2NC3=NCN(n4cnnc4)CN3c3nc4ccccc4n32)cc1. The standard InChI is InChI=1S/C20H19N9O/c1-30-15-8-6-14(7-9-15)18-25-19-21-10-27(26-11-22-23-12-26)13-28(19)20-24-16-4-2-3-5-17(16)29(18)20/h2-9,11-12,18H,10,13H2,1H3,(H,21,25). The number of methoxy groups -OCH3 is 1. The molecule has 4 aromatic rings. The van der Waals surface area contributed by atoms with Gasteiger partial charge in [-0.25, -0.2) is 14.7 Å². The Morgan fingerprint density at radius 1 is 1.03 bits per heavy atom. The van der Waals surface area contributed by atoms with Crippen LogP contribution in [-0.2, 0) is 0 Å². The summed E-state index contributed by atoms with van der Waals surface area (Å²) in [7, 11) is 1.67. The Hall–Kier alpha value is -4.08. The minimum Gasteiger partial charge on any atom is -0.497 e. The topological polar surface area (TPSA) is 88.6 Å². The fourth-order valence-corrected chi connectivity index (χ4v) is 3.96. The molecular formula is C20H19N9O. The predicted molar refractivity (Wildman–Crippen MR) is 112 cm³/mol. The maximum absolute atomic E-state index is 5.32. The first-order valence-corrected chi connectivity index (χ1v) is 9.61. The van der Waals surface area contributed by atoms with Crippen molar-refractivity contribution in [3.05, 3.63) is 66.7 Å². The molecule has 150 valence electrons. The van der Waals surface area contributed by atoms with Crippen LogP contribution in [0.15, 0.2) is 66.2 Å². The average molecular weight is 401 g/mol. The molecule has 0 amide bonds. The molecule has 10 nitrogen and oxygen atoms in total. The van der Waals surface area contributed by atoms with Crippen LogP contribution in [0.3, 0.4) is 0 Å². The van der Waals surface area contributed by atoms with Gasteiger partial charge in [0.2, 0.25) is 11.9 Å². The normalized spacial score (nSPS) is 17.9. The van der Waals surface area contributed by atoms with Gasteiger partial charge in [0.1, 0.15) is 37.9 Å². The van der Waals surface area contributed by atoms with Crippen LogP contribution in [0.2, 0.25) is 0 Å². The Morgan fingerprint density at radius 3 is 2.63 bits per heavy atom. The van der Waals surface area contributed by atoms with Gasteiger partial charge in [-0.3, -0.25) is 14.5 Å². The summed E-state index contributed by atoms with van der Waals surface area (Å²) < 4.78 is 9.37. The van der Waals surface area contributed by atoms with Crippen molar-refractivity contribution in [3.8, 4) is 5.75 Å². The van der Waals surface area contributed by atoms with Crippen molar-refractivity contribution in [1.29, 1.82) is 0 Å². The lowest BCUT2D eigenvalue weighted by atomic mass is 10.1. The Balaban J connectivity index is 1.48. The van der Waals surface area contributed by atoms with Crippen LogP contribution >= 0.6 is 0 Å². The molecule has 10 heteroatoms. The fraction of sp³-hybridized carbons (Fsp3) is 0.200. The van der Waals surface area contributed by atoms with Gasteiger partial charge in [-0.15, -0.1) is 10.2 Å². The molecule has 2 aliphatic rings. The van der Waals surface area contributed by atoms with E-state index in [1.165, 1.54) is 0 Å². The van der Waals surface area contributed by atoms with Crippen molar-refractivity contribution >= 4 is 22.9 Å². The zero-order valence-electron chi connectivity index (χ0n) is 16.3. The number of hydrogen-bond acceptors (Lipinski definition) is 8. The number of imidazole rings is 1. The van der Waals surface area contributed by atoms with E-state index in [2.05, 4.69) is 43.2 Å². The maximum atomic E-state index is 5.32. The Kier molecular flexibility index (Phi) is 3.63. The number of aromatic nitrogens is 5. The van der Waals surface area contributed by atoms with Crippen LogP contribution in [0.5, 0.6) is 5.75 Å². The first-order chi connectivity index (χ1) is 14.8. The summed E-state index contributed by atoms with van der Waals surface area (Å²) in [6, 6.07) is 16.2. The first-order valence-electron chi connectivity index (χ1n) is 9.61. The molecule has 4 heterocycles. The lowest BCUT2D eigenvalue weighted by molar-refractivity contribution is 0.414. The zero-order chi connectivity index (χ0) is 20.1. The van der Waals surface area contributed by atoms with Crippen LogP contribution in [-0.4, -0.2) is 50.8 Å². The van der Waals surface area contributed by atoms with Crippen molar-refractivity contribution in [1.82, 2.24) is 29.7 Å². The molecule has 30 heavy (non-hydrogen) atoms. The summed E-state index contributed by atoms with van der Waals surface area (Å²) in [5.41, 5.74) is 3.10. The van der Waals surface area contributed by atoms with Gasteiger partial charge in [-0.2, -0.15) is 0 Å². The van der Waals surface area contributed by atoms with E-state index in [9.17, 15) is 0 Å². The smallest absolute Gasteiger partial charge is 0.217 e. The molecule has 0 radical (unpaired) electrons. The van der Waals surface area contributed by atoms with Crippen molar-refractivity contribution in [2.45, 2.75) is 6.17 Å². The van der Waals surface area contributed by atoms with Gasteiger partial charge in [0.25, 0.3) is 0 Å². The number of rotatable bonds is 3. The second kappa shape index (κ2) is 6.48. The minimum absolute atomic E-state index is 0.130. The average Bonchev–Trinajstić information content (AvgIpc) is 3.47. The van der Waals surface area contributed by atoms with E-state index in [1.54, 1.807) is 19.8 Å². The molecule has 2 aliphatic heterocycles. The van der Waals surface area contributed by atoms with Gasteiger partial charge < -0.3 is 10.1 Å². The quantitative estimate of drug-likeness (QED) is 0.557. The number of fused-ring (bicyclic) bond motifs is 5. The lowest BCUT2D eigenvalue weighted by Gasteiger charge is -2.42. The summed E-state index contributed by atoms with van der Waals surface area (Å²) in [6.45, 7) is 1.06. The van der Waals surface area contributed by atoms with Gasteiger partial charge in [-0.1, -0.05) is 24.3 Å². The van der Waals surface area contributed by atoms with Crippen LogP contribution in [0.4, 0.5) is 5.95 Å². The fourth-order valence-electron chi connectivity index (χ4n) is 3.96. The summed E-state index contributed by atoms with van der Waals surface area (Å²) in [5, 5.41) is 13.4. The minimum atomic E-state index is -0.130. The Bertz CT molecular complexity index is 1230. The van der Waals surface area contributed by atoms with Crippen LogP contribution in [0.1, 0.15) is 11.7 Å². The molecule has 0 bridgehead atoms. The Labute approximate surface area is 172 Å². The molecule has 0 aliphatic carbocycles. The maximum Gasteiger partial charge on any atom is 0.217 e. The highest BCUT2D eigenvalue weighted by molar-refractivity contribution is 5.99. The second-order valence-electron chi connectivity index (χ2n) is 7.13. The summed E-state index contributed by atoms with van der Waals surface area (Å²) in [5.74, 6) is 2.46. The number of nitrogens with one attached hydrogen (secondary N) is 1. The van der Waals surface area contributed by atoms with E-state index in [0.717, 1.165) is 34.3 Å². The number of ether oxygens (including phenoxy) is 1. The number of hydrogen-bond donors (Lipinski definition) is 1. The van der Waals surface area contributed by atoms with Gasteiger partial charge in [0, 0.05) is 0 Å². The summed E-state index contributed by atoms with van der Waals surface area (Å²) in [4.78, 5) is 11.8. The van der Waals surface area contributed by atoms with E-state index in [1.807, 2.05) is 40.0 Å². The third kappa shape index (κ3) is 2.50. The molecular weight excluding hydrogens is 382 g/mol. The number of anilines is 1. The van der Waals surface area contributed by atoms with Crippen molar-refractivity contribution in [2.24, 2.45) is 4.99 Å². The first kappa shape index (κ1) is 16.8. The molecule has 6 rings (SSSR count). The molecule has 0 fully saturated rings. The highest BCUT2D eigenvalue weighted by Gasteiger charge is 2.36. The molecule has 0 saturated carbocycles. The van der Waals surface area contributed by atoms with Crippen LogP contribution < -0.4 is 20.0 Å². The largest absolute Gasteiger partial charge is 0.497 e. The van der Waals surface area contributed by atoms with Crippen LogP contribution in [0, 0.1) is 0 Å². The zero-order valence-corrected chi connectivity index (χ0v) is 16.3. The molecule has 1 atom stereocenters. The predicted octanol–water partition coefficient (Wildman–Crippen LogP) is 1.52. The number of aliphatic imine (C=N–C) groups is 1. The third-order valence-electron chi connectivity index (χ3n) is 5.45. The molecule has 0 saturated heterocycles. The van der Waals surface area contributed by atoms with Crippen molar-refractivity contribution in [3.63, 3.8) is 0 Å². The van der Waals surface area contributed by atoms with Gasteiger partial charge >= 0.3 is 0 Å². The summed E-state index contributed by atoms with van der Waals surface area (Å²) in [6.07, 6.45) is 3.21. The van der Waals surface area contributed by atoms with Gasteiger partial charge in [0.15, 0.2) is 0 Å².